The summed E-state index contributed by atoms with van der Waals surface area (Å²) >= 11 is 7.15. The van der Waals surface area contributed by atoms with Crippen LogP contribution in [0.2, 0.25) is 0 Å². The number of ether oxygens (including phenoxy) is 1. The third-order valence-corrected chi connectivity index (χ3v) is 6.98. The minimum atomic E-state index is -0.262. The minimum absolute atomic E-state index is 0.0134. The molecule has 9 nitrogen and oxygen atoms in total. The van der Waals surface area contributed by atoms with Gasteiger partial charge in [0, 0.05) is 35.3 Å². The molecule has 2 aromatic heterocycles. The van der Waals surface area contributed by atoms with Gasteiger partial charge in [0.2, 0.25) is 11.9 Å². The molecule has 4 heterocycles. The van der Waals surface area contributed by atoms with Gasteiger partial charge in [-0.3, -0.25) is 14.8 Å². The number of amides is 1. The highest BCUT2D eigenvalue weighted by atomic mass is 35.5. The Morgan fingerprint density at radius 2 is 2.26 bits per heavy atom. The van der Waals surface area contributed by atoms with Crippen LogP contribution in [-0.2, 0) is 11.3 Å². The van der Waals surface area contributed by atoms with E-state index in [9.17, 15) is 4.79 Å². The number of thioether (sulfide) groups is 1. The molecule has 31 heavy (non-hydrogen) atoms. The van der Waals surface area contributed by atoms with Gasteiger partial charge in [0.05, 0.1) is 30.6 Å². The van der Waals surface area contributed by atoms with Crippen LogP contribution in [0, 0.1) is 13.8 Å². The van der Waals surface area contributed by atoms with E-state index in [1.165, 1.54) is 11.8 Å². The van der Waals surface area contributed by atoms with Gasteiger partial charge in [-0.1, -0.05) is 11.8 Å². The monoisotopic (exact) mass is 463 g/mol. The van der Waals surface area contributed by atoms with Crippen molar-refractivity contribution >= 4 is 41.0 Å². The summed E-state index contributed by atoms with van der Waals surface area (Å²) in [6, 6.07) is -0.0664. The van der Waals surface area contributed by atoms with Crippen LogP contribution in [0.5, 0.6) is 5.75 Å². The van der Waals surface area contributed by atoms with E-state index in [0.29, 0.717) is 25.4 Å². The first-order valence-electron chi connectivity index (χ1n) is 10.1. The first-order valence-corrected chi connectivity index (χ1v) is 11.5. The van der Waals surface area contributed by atoms with Crippen molar-refractivity contribution in [1.29, 1.82) is 0 Å². The second kappa shape index (κ2) is 9.05. The van der Waals surface area contributed by atoms with E-state index in [1.54, 1.807) is 7.11 Å². The largest absolute Gasteiger partial charge is 0.496 e. The number of hydrazine groups is 1. The smallest absolute Gasteiger partial charge is 0.233 e. The molecular weight excluding hydrogens is 438 g/mol. The number of hydrogen-bond acceptors (Lipinski definition) is 9. The highest BCUT2D eigenvalue weighted by Gasteiger charge is 2.41. The van der Waals surface area contributed by atoms with Crippen LogP contribution < -0.4 is 26.2 Å². The number of aryl methyl sites for hydroxylation is 1. The number of hydrogen-bond donors (Lipinski definition) is 3. The van der Waals surface area contributed by atoms with E-state index in [4.69, 9.17) is 22.1 Å². The Morgan fingerprint density at radius 1 is 1.45 bits per heavy atom. The van der Waals surface area contributed by atoms with Crippen LogP contribution >= 0.6 is 23.4 Å². The van der Waals surface area contributed by atoms with Gasteiger partial charge in [0.25, 0.3) is 0 Å². The van der Waals surface area contributed by atoms with Crippen molar-refractivity contribution in [2.75, 3.05) is 30.3 Å². The Labute approximate surface area is 190 Å². The number of halogens is 1. The first kappa shape index (κ1) is 21.9. The maximum Gasteiger partial charge on any atom is 0.233 e. The third kappa shape index (κ3) is 4.24. The molecule has 2 aromatic rings. The zero-order valence-electron chi connectivity index (χ0n) is 17.7. The number of alkyl halides is 1. The number of methoxy groups -OCH3 is 1. The summed E-state index contributed by atoms with van der Waals surface area (Å²) in [5.41, 5.74) is 13.3. The molecule has 0 bridgehead atoms. The number of anilines is 2. The summed E-state index contributed by atoms with van der Waals surface area (Å²) in [5, 5.41) is 5.38. The van der Waals surface area contributed by atoms with Crippen LogP contribution in [0.3, 0.4) is 0 Å². The number of rotatable bonds is 7. The van der Waals surface area contributed by atoms with Crippen molar-refractivity contribution in [3.05, 3.63) is 28.6 Å². The Bertz CT molecular complexity index is 1010. The second-order valence-corrected chi connectivity index (χ2v) is 9.18. The van der Waals surface area contributed by atoms with E-state index >= 15 is 0 Å². The number of aromatic nitrogens is 3. The normalized spacial score (nSPS) is 19.3. The summed E-state index contributed by atoms with van der Waals surface area (Å²) in [6.45, 7) is 5.02. The Balaban J connectivity index is 1.59. The van der Waals surface area contributed by atoms with E-state index in [-0.39, 0.29) is 23.1 Å². The molecule has 2 atom stereocenters. The Kier molecular flexibility index (Phi) is 6.40. The zero-order valence-corrected chi connectivity index (χ0v) is 19.3. The average molecular weight is 464 g/mol. The maximum atomic E-state index is 12.7. The molecule has 4 rings (SSSR count). The fourth-order valence-electron chi connectivity index (χ4n) is 3.99. The fourth-order valence-corrected chi connectivity index (χ4v) is 5.38. The predicted molar refractivity (Wildman–Crippen MR) is 121 cm³/mol. The SMILES string of the molecule is COc1c(C)cnc(CN2NC3CC(C(=O)NCCCCl)Sc4nc(N)nc2c43)c1C. The topological polar surface area (TPSA) is 118 Å². The number of carbonyl (C=O) groups is 1. The molecule has 0 aliphatic carbocycles. The van der Waals surface area contributed by atoms with Gasteiger partial charge in [-0.2, -0.15) is 4.98 Å². The van der Waals surface area contributed by atoms with Gasteiger partial charge < -0.3 is 15.8 Å². The first-order chi connectivity index (χ1) is 14.9. The summed E-state index contributed by atoms with van der Waals surface area (Å²) in [4.78, 5) is 26.2. The molecule has 0 fully saturated rings. The number of nitrogens with two attached hydrogens (primary N) is 1. The van der Waals surface area contributed by atoms with Gasteiger partial charge in [-0.25, -0.2) is 10.4 Å². The number of pyridine rings is 1. The number of nitrogens with zero attached hydrogens (tertiary/aromatic N) is 4. The van der Waals surface area contributed by atoms with Crippen LogP contribution in [0.1, 0.15) is 41.3 Å². The molecule has 1 amide bonds. The van der Waals surface area contributed by atoms with Crippen LogP contribution in [0.15, 0.2) is 11.2 Å². The number of carbonyl (C=O) groups excluding carboxylic acids is 1. The lowest BCUT2D eigenvalue weighted by Crippen LogP contribution is -2.40. The summed E-state index contributed by atoms with van der Waals surface area (Å²) < 4.78 is 5.54. The quantitative estimate of drug-likeness (QED) is 0.322. The lowest BCUT2D eigenvalue weighted by molar-refractivity contribution is -0.120. The van der Waals surface area contributed by atoms with E-state index in [2.05, 4.69) is 25.7 Å². The minimum Gasteiger partial charge on any atom is -0.496 e. The third-order valence-electron chi connectivity index (χ3n) is 5.49. The van der Waals surface area contributed by atoms with Crippen LogP contribution in [0.25, 0.3) is 0 Å². The average Bonchev–Trinajstić information content (AvgIpc) is 3.08. The Morgan fingerprint density at radius 3 is 3.00 bits per heavy atom. The van der Waals surface area contributed by atoms with E-state index in [1.807, 2.05) is 25.1 Å². The molecule has 4 N–H and O–H groups in total. The Hall–Kier alpha value is -2.30. The van der Waals surface area contributed by atoms with Crippen molar-refractivity contribution in [2.24, 2.45) is 0 Å². The highest BCUT2D eigenvalue weighted by molar-refractivity contribution is 8.00. The molecule has 2 aliphatic heterocycles. The van der Waals surface area contributed by atoms with E-state index < -0.39 is 0 Å². The van der Waals surface area contributed by atoms with Crippen LogP contribution in [0.4, 0.5) is 11.8 Å². The van der Waals surface area contributed by atoms with Gasteiger partial charge in [0.1, 0.15) is 10.8 Å². The molecule has 166 valence electrons. The van der Waals surface area contributed by atoms with Crippen molar-refractivity contribution in [3.8, 4) is 5.75 Å². The predicted octanol–water partition coefficient (Wildman–Crippen LogP) is 2.25. The second-order valence-electron chi connectivity index (χ2n) is 7.61. The van der Waals surface area contributed by atoms with Gasteiger partial charge >= 0.3 is 0 Å². The summed E-state index contributed by atoms with van der Waals surface area (Å²) in [6.07, 6.45) is 3.18. The van der Waals surface area contributed by atoms with Gasteiger partial charge in [-0.15, -0.1) is 11.6 Å². The molecule has 2 unspecified atom stereocenters. The standard InChI is InChI=1S/C20H26ClN7O2S/c1-10-8-24-13(11(2)16(10)30-3)9-28-17-15-12(27-28)7-14(18(29)23-6-4-5-21)31-19(15)26-20(22)25-17/h8,12,14,27H,4-7,9H2,1-3H3,(H,23,29)(H2,22,25,26). The number of nitrogen functional groups attached to an aromatic ring is 1. The van der Waals surface area contributed by atoms with E-state index in [0.717, 1.165) is 45.4 Å². The lowest BCUT2D eigenvalue weighted by Gasteiger charge is -2.26. The highest BCUT2D eigenvalue weighted by Crippen LogP contribution is 2.47. The molecule has 0 aromatic carbocycles. The summed E-state index contributed by atoms with van der Waals surface area (Å²) in [7, 11) is 1.66. The zero-order chi connectivity index (χ0) is 22.1. The van der Waals surface area contributed by atoms with Crippen molar-refractivity contribution < 1.29 is 9.53 Å². The van der Waals surface area contributed by atoms with Gasteiger partial charge in [0.15, 0.2) is 5.82 Å². The molecule has 2 aliphatic rings. The number of nitrogens with one attached hydrogen (secondary N) is 2. The molecule has 0 saturated carbocycles. The molecule has 0 saturated heterocycles. The van der Waals surface area contributed by atoms with Crippen molar-refractivity contribution in [3.63, 3.8) is 0 Å². The van der Waals surface area contributed by atoms with Crippen LogP contribution in [-0.4, -0.2) is 45.6 Å². The van der Waals surface area contributed by atoms with Crippen molar-refractivity contribution in [1.82, 2.24) is 25.7 Å². The van der Waals surface area contributed by atoms with Gasteiger partial charge in [-0.05, 0) is 26.7 Å². The molecule has 0 radical (unpaired) electrons. The summed E-state index contributed by atoms with van der Waals surface area (Å²) in [5.74, 6) is 2.26. The maximum absolute atomic E-state index is 12.7. The molecule has 0 spiro atoms. The fraction of sp³-hybridized carbons (Fsp3) is 0.500. The van der Waals surface area contributed by atoms with Crippen molar-refractivity contribution in [2.45, 2.75) is 49.6 Å². The lowest BCUT2D eigenvalue weighted by atomic mass is 10.0. The molecule has 11 heteroatoms. The molecular formula is C20H26ClN7O2S.